The van der Waals surface area contributed by atoms with Crippen molar-refractivity contribution in [2.24, 2.45) is 0 Å². The number of nitrogens with two attached hydrogens (primary N) is 1. The number of imidazole rings is 1. The number of anilines is 1. The Morgan fingerprint density at radius 3 is 2.35 bits per heavy atom. The maximum absolute atomic E-state index is 12.8. The Hall–Kier alpha value is -3.23. The van der Waals surface area contributed by atoms with E-state index in [1.54, 1.807) is 4.57 Å². The van der Waals surface area contributed by atoms with Crippen molar-refractivity contribution in [2.75, 3.05) is 5.73 Å². The lowest BCUT2D eigenvalue weighted by atomic mass is 10.1. The number of benzene rings is 3. The molecule has 3 aromatic carbocycles. The normalized spacial score (nSPS) is 10.6. The molecule has 0 unspecified atom stereocenters. The van der Waals surface area contributed by atoms with Crippen LogP contribution in [0.1, 0.15) is 15.9 Å². The molecular formula is C22H18BrClN4O3. The number of aromatic nitrogens is 2. The third-order valence-electron chi connectivity index (χ3n) is 5.00. The van der Waals surface area contributed by atoms with Gasteiger partial charge in [0.2, 0.25) is 0 Å². The van der Waals surface area contributed by atoms with E-state index in [1.807, 2.05) is 53.1 Å². The van der Waals surface area contributed by atoms with Gasteiger partial charge in [-0.1, -0.05) is 41.9 Å². The predicted molar refractivity (Wildman–Crippen MR) is 115 cm³/mol. The minimum atomic E-state index is -0.497. The van der Waals surface area contributed by atoms with Crippen molar-refractivity contribution in [1.82, 2.24) is 4.57 Å². The highest BCUT2D eigenvalue weighted by Gasteiger charge is 2.24. The molecule has 158 valence electrons. The third-order valence-corrected chi connectivity index (χ3v) is 5.37. The Morgan fingerprint density at radius 1 is 1.03 bits per heavy atom. The molecule has 1 aromatic heterocycles. The molecule has 0 spiro atoms. The Morgan fingerprint density at radius 2 is 1.68 bits per heavy atom. The van der Waals surface area contributed by atoms with E-state index in [4.69, 9.17) is 17.3 Å². The van der Waals surface area contributed by atoms with Crippen LogP contribution in [0.3, 0.4) is 0 Å². The van der Waals surface area contributed by atoms with Gasteiger partial charge >= 0.3 is 5.95 Å². The molecule has 1 heterocycles. The molecule has 0 aliphatic heterocycles. The number of halogens is 2. The summed E-state index contributed by atoms with van der Waals surface area (Å²) < 4.78 is 3.66. The van der Waals surface area contributed by atoms with Gasteiger partial charge in [0.1, 0.15) is 17.6 Å². The van der Waals surface area contributed by atoms with E-state index in [0.717, 1.165) is 16.6 Å². The smallest absolute Gasteiger partial charge is 0.356 e. The van der Waals surface area contributed by atoms with E-state index in [0.29, 0.717) is 23.1 Å². The summed E-state index contributed by atoms with van der Waals surface area (Å²) in [4.78, 5) is 23.2. The number of nitrogen functional groups attached to an aromatic ring is 1. The molecule has 0 radical (unpaired) electrons. The average Bonchev–Trinajstić information content (AvgIpc) is 3.01. The van der Waals surface area contributed by atoms with Crippen LogP contribution in [0, 0.1) is 10.1 Å². The van der Waals surface area contributed by atoms with E-state index in [2.05, 4.69) is 0 Å². The molecule has 9 heteroatoms. The number of non-ortho nitro benzene ring substituents is 1. The molecule has 0 fully saturated rings. The van der Waals surface area contributed by atoms with Gasteiger partial charge in [-0.25, -0.2) is 9.13 Å². The molecular weight excluding hydrogens is 484 g/mol. The first-order valence-corrected chi connectivity index (χ1v) is 9.61. The van der Waals surface area contributed by atoms with Crippen LogP contribution in [0.2, 0.25) is 5.02 Å². The molecule has 0 aliphatic rings. The fourth-order valence-corrected chi connectivity index (χ4v) is 3.64. The topological polar surface area (TPSA) is 95.0 Å². The SMILES string of the molecule is Nc1n(CC(=O)c2ccc([N+](=O)[O-])cc2)c2ccccc2[n+]1Cc1ccccc1Cl.[Br-]. The van der Waals surface area contributed by atoms with Crippen molar-refractivity contribution in [1.29, 1.82) is 0 Å². The highest BCUT2D eigenvalue weighted by molar-refractivity contribution is 6.31. The number of para-hydroxylation sites is 2. The summed E-state index contributed by atoms with van der Waals surface area (Å²) in [5.74, 6) is 0.230. The number of carbonyl (C=O) groups excluding carboxylic acids is 1. The molecule has 0 amide bonds. The van der Waals surface area contributed by atoms with Crippen molar-refractivity contribution >= 4 is 40.1 Å². The number of hydrogen-bond donors (Lipinski definition) is 1. The number of carbonyl (C=O) groups is 1. The van der Waals surface area contributed by atoms with Crippen LogP contribution < -0.4 is 27.3 Å². The second-order valence-electron chi connectivity index (χ2n) is 6.84. The van der Waals surface area contributed by atoms with Gasteiger partial charge in [-0.2, -0.15) is 0 Å². The second-order valence-corrected chi connectivity index (χ2v) is 7.24. The van der Waals surface area contributed by atoms with Crippen molar-refractivity contribution < 1.29 is 31.3 Å². The first-order chi connectivity index (χ1) is 14.5. The van der Waals surface area contributed by atoms with E-state index in [-0.39, 0.29) is 35.0 Å². The monoisotopic (exact) mass is 500 g/mol. The molecule has 0 aliphatic carbocycles. The Balaban J connectivity index is 0.00000272. The van der Waals surface area contributed by atoms with Crippen LogP contribution in [-0.4, -0.2) is 15.3 Å². The largest absolute Gasteiger partial charge is 1.00 e. The van der Waals surface area contributed by atoms with Gasteiger partial charge in [0, 0.05) is 28.3 Å². The Labute approximate surface area is 193 Å². The third kappa shape index (κ3) is 4.45. The number of rotatable bonds is 6. The average molecular weight is 502 g/mol. The van der Waals surface area contributed by atoms with Crippen LogP contribution in [0.5, 0.6) is 0 Å². The quantitative estimate of drug-likeness (QED) is 0.185. The highest BCUT2D eigenvalue weighted by atomic mass is 79.9. The van der Waals surface area contributed by atoms with Crippen molar-refractivity contribution in [2.45, 2.75) is 13.1 Å². The van der Waals surface area contributed by atoms with Gasteiger partial charge < -0.3 is 17.0 Å². The minimum absolute atomic E-state index is 0. The lowest BCUT2D eigenvalue weighted by molar-refractivity contribution is -0.648. The van der Waals surface area contributed by atoms with E-state index in [9.17, 15) is 14.9 Å². The number of nitro groups is 1. The zero-order valence-electron chi connectivity index (χ0n) is 16.2. The molecule has 2 N–H and O–H groups in total. The first kappa shape index (κ1) is 22.5. The summed E-state index contributed by atoms with van der Waals surface area (Å²) in [6, 6.07) is 20.7. The molecule has 4 aromatic rings. The number of Topliss-reactive ketones (excluding diaryl/α,β-unsaturated/α-hetero) is 1. The molecule has 0 saturated carbocycles. The highest BCUT2D eigenvalue weighted by Crippen LogP contribution is 2.21. The standard InChI is InChI=1S/C22H17ClN4O3.BrH/c23-18-6-2-1-5-16(18)13-25-19-7-3-4-8-20(19)26(22(25)24)14-21(28)15-9-11-17(12-10-15)27(29)30;/h1-12,24H,13-14H2;1H. The minimum Gasteiger partial charge on any atom is -1.00 e. The summed E-state index contributed by atoms with van der Waals surface area (Å²) in [6.07, 6.45) is 0. The number of nitro benzene ring substituents is 1. The predicted octanol–water partition coefficient (Wildman–Crippen LogP) is 1.01. The maximum Gasteiger partial charge on any atom is 0.356 e. The summed E-state index contributed by atoms with van der Waals surface area (Å²) in [5, 5.41) is 11.5. The lowest BCUT2D eigenvalue weighted by Gasteiger charge is -2.05. The molecule has 7 nitrogen and oxygen atoms in total. The van der Waals surface area contributed by atoms with Crippen LogP contribution in [0.15, 0.2) is 72.8 Å². The molecule has 31 heavy (non-hydrogen) atoms. The zero-order chi connectivity index (χ0) is 21.3. The molecule has 4 rings (SSSR count). The van der Waals surface area contributed by atoms with Crippen LogP contribution in [0.4, 0.5) is 11.6 Å². The van der Waals surface area contributed by atoms with Gasteiger partial charge in [0.15, 0.2) is 5.78 Å². The lowest BCUT2D eigenvalue weighted by Crippen LogP contribution is -3.00. The Bertz CT molecular complexity index is 1270. The van der Waals surface area contributed by atoms with Gasteiger partial charge in [-0.05, 0) is 30.3 Å². The van der Waals surface area contributed by atoms with E-state index in [1.165, 1.54) is 24.3 Å². The van der Waals surface area contributed by atoms with E-state index < -0.39 is 4.92 Å². The van der Waals surface area contributed by atoms with Crippen LogP contribution in [0.25, 0.3) is 11.0 Å². The van der Waals surface area contributed by atoms with Gasteiger partial charge in [0.05, 0.1) is 11.5 Å². The second kappa shape index (κ2) is 9.28. The summed E-state index contributed by atoms with van der Waals surface area (Å²) in [6.45, 7) is 0.477. The summed E-state index contributed by atoms with van der Waals surface area (Å²) in [5.41, 5.74) is 9.39. The maximum atomic E-state index is 12.8. The van der Waals surface area contributed by atoms with Gasteiger partial charge in [-0.15, -0.1) is 0 Å². The fourth-order valence-electron chi connectivity index (χ4n) is 3.45. The van der Waals surface area contributed by atoms with Crippen LogP contribution >= 0.6 is 11.6 Å². The number of nitrogens with zero attached hydrogens (tertiary/aromatic N) is 3. The van der Waals surface area contributed by atoms with Crippen molar-refractivity contribution in [3.63, 3.8) is 0 Å². The zero-order valence-corrected chi connectivity index (χ0v) is 18.6. The molecule has 0 saturated heterocycles. The van der Waals surface area contributed by atoms with Gasteiger partial charge in [-0.3, -0.25) is 20.6 Å². The first-order valence-electron chi connectivity index (χ1n) is 9.23. The van der Waals surface area contributed by atoms with Gasteiger partial charge in [0.25, 0.3) is 5.69 Å². The number of ketones is 1. The number of fused-ring (bicyclic) bond motifs is 1. The fraction of sp³-hybridized carbons (Fsp3) is 0.0909. The summed E-state index contributed by atoms with van der Waals surface area (Å²) >= 11 is 6.32. The number of hydrogen-bond acceptors (Lipinski definition) is 4. The molecule has 0 atom stereocenters. The van der Waals surface area contributed by atoms with E-state index >= 15 is 0 Å². The summed E-state index contributed by atoms with van der Waals surface area (Å²) in [7, 11) is 0. The molecule has 0 bridgehead atoms. The van der Waals surface area contributed by atoms with Crippen molar-refractivity contribution in [3.8, 4) is 0 Å². The van der Waals surface area contributed by atoms with Crippen molar-refractivity contribution in [3.05, 3.63) is 99.1 Å². The van der Waals surface area contributed by atoms with Crippen LogP contribution in [-0.2, 0) is 13.1 Å². The Kier molecular flexibility index (Phi) is 6.72.